The summed E-state index contributed by atoms with van der Waals surface area (Å²) in [5.74, 6) is 0.569. The smallest absolute Gasteiger partial charge is 0.263 e. The third-order valence-corrected chi connectivity index (χ3v) is 6.05. The summed E-state index contributed by atoms with van der Waals surface area (Å²) < 4.78 is 30.0. The lowest BCUT2D eigenvalue weighted by Gasteiger charge is -2.12. The van der Waals surface area contributed by atoms with Crippen LogP contribution in [0.2, 0.25) is 0 Å². The Morgan fingerprint density at radius 2 is 1.71 bits per heavy atom. The minimum absolute atomic E-state index is 0.0645. The average molecular weight is 436 g/mol. The highest BCUT2D eigenvalue weighted by Crippen LogP contribution is 2.24. The van der Waals surface area contributed by atoms with Crippen LogP contribution in [0.5, 0.6) is 0 Å². The van der Waals surface area contributed by atoms with Crippen molar-refractivity contribution in [3.05, 3.63) is 71.9 Å². The van der Waals surface area contributed by atoms with E-state index in [9.17, 15) is 13.2 Å². The number of para-hydroxylation sites is 1. The second kappa shape index (κ2) is 7.84. The van der Waals surface area contributed by atoms with Gasteiger partial charge in [-0.25, -0.2) is 13.4 Å². The van der Waals surface area contributed by atoms with E-state index in [1.807, 2.05) is 37.3 Å². The molecule has 2 heterocycles. The van der Waals surface area contributed by atoms with Gasteiger partial charge in [-0.15, -0.1) is 0 Å². The monoisotopic (exact) mass is 435 g/mol. The number of anilines is 2. The molecule has 0 radical (unpaired) electrons. The fraction of sp³-hybridized carbons (Fsp3) is 0.136. The van der Waals surface area contributed by atoms with Crippen LogP contribution in [0.3, 0.4) is 0 Å². The van der Waals surface area contributed by atoms with Crippen molar-refractivity contribution in [3.8, 4) is 5.82 Å². The van der Waals surface area contributed by atoms with E-state index in [0.717, 1.165) is 16.5 Å². The highest BCUT2D eigenvalue weighted by Gasteiger charge is 2.19. The molecule has 1 amide bonds. The van der Waals surface area contributed by atoms with E-state index in [1.165, 1.54) is 35.9 Å². The Morgan fingerprint density at radius 1 is 1.00 bits per heavy atom. The predicted octanol–water partition coefficient (Wildman–Crippen LogP) is 3.80. The summed E-state index contributed by atoms with van der Waals surface area (Å²) in [5, 5.41) is 8.07. The summed E-state index contributed by atoms with van der Waals surface area (Å²) in [6.07, 6.45) is 0. The zero-order valence-corrected chi connectivity index (χ0v) is 18.1. The van der Waals surface area contributed by atoms with Crippen LogP contribution in [0.4, 0.5) is 11.5 Å². The maximum absolute atomic E-state index is 12.9. The number of fused-ring (bicyclic) bond motifs is 1. The fourth-order valence-electron chi connectivity index (χ4n) is 3.30. The largest absolute Gasteiger partial charge is 0.326 e. The second-order valence-electron chi connectivity index (χ2n) is 7.21. The molecule has 0 atom stereocenters. The zero-order chi connectivity index (χ0) is 22.2. The van der Waals surface area contributed by atoms with E-state index in [0.29, 0.717) is 17.2 Å². The third kappa shape index (κ3) is 4.26. The Morgan fingerprint density at radius 3 is 2.42 bits per heavy atom. The van der Waals surface area contributed by atoms with Crippen LogP contribution in [0, 0.1) is 13.8 Å². The number of aromatic nitrogens is 3. The Kier molecular flexibility index (Phi) is 5.20. The molecule has 0 unspecified atom stereocenters. The summed E-state index contributed by atoms with van der Waals surface area (Å²) in [5.41, 5.74) is 2.97. The molecule has 2 N–H and O–H groups in total. The van der Waals surface area contributed by atoms with Gasteiger partial charge in [-0.3, -0.25) is 9.52 Å². The van der Waals surface area contributed by atoms with Gasteiger partial charge in [0.25, 0.3) is 10.0 Å². The van der Waals surface area contributed by atoms with Crippen LogP contribution in [-0.4, -0.2) is 29.1 Å². The minimum atomic E-state index is -3.88. The summed E-state index contributed by atoms with van der Waals surface area (Å²) in [6, 6.07) is 17.2. The van der Waals surface area contributed by atoms with Gasteiger partial charge in [-0.05, 0) is 55.8 Å². The maximum Gasteiger partial charge on any atom is 0.263 e. The molecule has 0 saturated carbocycles. The van der Waals surface area contributed by atoms with E-state index >= 15 is 0 Å². The number of nitrogens with one attached hydrogen (secondary N) is 2. The zero-order valence-electron chi connectivity index (χ0n) is 17.2. The molecule has 0 saturated heterocycles. The fourth-order valence-corrected chi connectivity index (χ4v) is 4.34. The molecule has 31 heavy (non-hydrogen) atoms. The van der Waals surface area contributed by atoms with Gasteiger partial charge >= 0.3 is 0 Å². The molecule has 0 aliphatic heterocycles. The van der Waals surface area contributed by atoms with Crippen molar-refractivity contribution in [2.75, 3.05) is 10.0 Å². The van der Waals surface area contributed by atoms with Gasteiger partial charge in [0.05, 0.1) is 16.1 Å². The highest BCUT2D eigenvalue weighted by molar-refractivity contribution is 7.92. The lowest BCUT2D eigenvalue weighted by molar-refractivity contribution is -0.114. The summed E-state index contributed by atoms with van der Waals surface area (Å²) in [4.78, 5) is 15.9. The summed E-state index contributed by atoms with van der Waals surface area (Å²) in [7, 11) is -3.88. The van der Waals surface area contributed by atoms with Gasteiger partial charge < -0.3 is 5.32 Å². The second-order valence-corrected chi connectivity index (χ2v) is 8.89. The Bertz CT molecular complexity index is 1390. The number of sulfonamides is 1. The van der Waals surface area contributed by atoms with Gasteiger partial charge in [0.1, 0.15) is 5.82 Å². The average Bonchev–Trinajstić information content (AvgIpc) is 3.07. The first-order valence-corrected chi connectivity index (χ1v) is 11.1. The number of benzene rings is 2. The van der Waals surface area contributed by atoms with E-state index in [4.69, 9.17) is 0 Å². The first-order valence-electron chi connectivity index (χ1n) is 9.57. The molecular formula is C22H21N5O3S. The number of carbonyl (C=O) groups excluding carboxylic acids is 1. The van der Waals surface area contributed by atoms with Crippen LogP contribution < -0.4 is 10.0 Å². The van der Waals surface area contributed by atoms with E-state index in [-0.39, 0.29) is 16.6 Å². The first kappa shape index (κ1) is 20.5. The van der Waals surface area contributed by atoms with Crippen molar-refractivity contribution < 1.29 is 13.2 Å². The van der Waals surface area contributed by atoms with Gasteiger partial charge in [0.15, 0.2) is 5.82 Å². The summed E-state index contributed by atoms with van der Waals surface area (Å²) >= 11 is 0. The lowest BCUT2D eigenvalue weighted by atomic mass is 10.1. The molecular weight excluding hydrogens is 414 g/mol. The van der Waals surface area contributed by atoms with E-state index < -0.39 is 10.0 Å². The van der Waals surface area contributed by atoms with Crippen molar-refractivity contribution >= 4 is 38.3 Å². The summed E-state index contributed by atoms with van der Waals surface area (Å²) in [6.45, 7) is 5.15. The van der Waals surface area contributed by atoms with Crippen molar-refractivity contribution in [2.45, 2.75) is 25.7 Å². The van der Waals surface area contributed by atoms with E-state index in [1.54, 1.807) is 13.0 Å². The van der Waals surface area contributed by atoms with Crippen LogP contribution in [0.1, 0.15) is 18.2 Å². The number of hydrogen-bond acceptors (Lipinski definition) is 5. The third-order valence-electron chi connectivity index (χ3n) is 4.68. The molecule has 4 aromatic rings. The number of hydrogen-bond donors (Lipinski definition) is 2. The quantitative estimate of drug-likeness (QED) is 0.496. The normalized spacial score (nSPS) is 11.5. The van der Waals surface area contributed by atoms with Crippen molar-refractivity contribution in [1.29, 1.82) is 0 Å². The van der Waals surface area contributed by atoms with Gasteiger partial charge in [0, 0.05) is 24.1 Å². The minimum Gasteiger partial charge on any atom is -0.326 e. The van der Waals surface area contributed by atoms with Gasteiger partial charge in [0.2, 0.25) is 5.91 Å². The number of rotatable bonds is 5. The van der Waals surface area contributed by atoms with Crippen LogP contribution in [-0.2, 0) is 14.8 Å². The molecule has 2 aromatic carbocycles. The standard InChI is InChI=1S/C22H21N5O3S/c1-14-12-21(24-20-7-5-4-6-19(14)20)27-22(13-15(2)25-27)26-31(29,30)18-10-8-17(9-11-18)23-16(3)28/h4-13,26H,1-3H3,(H,23,28). The maximum atomic E-state index is 12.9. The van der Waals surface area contributed by atoms with Crippen molar-refractivity contribution in [3.63, 3.8) is 0 Å². The molecule has 8 nitrogen and oxygen atoms in total. The Balaban J connectivity index is 1.70. The van der Waals surface area contributed by atoms with Gasteiger partial charge in [-0.1, -0.05) is 18.2 Å². The predicted molar refractivity (Wildman–Crippen MR) is 120 cm³/mol. The van der Waals surface area contributed by atoms with Crippen LogP contribution >= 0.6 is 0 Å². The first-order chi connectivity index (χ1) is 14.7. The molecule has 0 aliphatic rings. The molecule has 2 aromatic heterocycles. The number of nitrogens with zero attached hydrogens (tertiary/aromatic N) is 3. The Hall–Kier alpha value is -3.72. The number of carbonyl (C=O) groups is 1. The molecule has 0 spiro atoms. The lowest BCUT2D eigenvalue weighted by Crippen LogP contribution is -2.16. The molecule has 0 fully saturated rings. The van der Waals surface area contributed by atoms with Crippen LogP contribution in [0.15, 0.2) is 65.6 Å². The SMILES string of the molecule is CC(=O)Nc1ccc(S(=O)(=O)Nc2cc(C)nn2-c2cc(C)c3ccccc3n2)cc1. The van der Waals surface area contributed by atoms with Gasteiger partial charge in [-0.2, -0.15) is 9.78 Å². The van der Waals surface area contributed by atoms with Crippen LogP contribution in [0.25, 0.3) is 16.7 Å². The molecule has 158 valence electrons. The van der Waals surface area contributed by atoms with Crippen molar-refractivity contribution in [1.82, 2.24) is 14.8 Å². The highest BCUT2D eigenvalue weighted by atomic mass is 32.2. The molecule has 0 aliphatic carbocycles. The Labute approximate surface area is 180 Å². The number of aryl methyl sites for hydroxylation is 2. The topological polar surface area (TPSA) is 106 Å². The molecule has 0 bridgehead atoms. The molecule has 4 rings (SSSR count). The molecule has 9 heteroatoms. The van der Waals surface area contributed by atoms with Crippen molar-refractivity contribution in [2.24, 2.45) is 0 Å². The number of pyridine rings is 1. The number of amides is 1. The van der Waals surface area contributed by atoms with E-state index in [2.05, 4.69) is 20.1 Å².